The molecular weight excluding hydrogens is 163 g/mol. The van der Waals surface area contributed by atoms with Crippen LogP contribution >= 0.6 is 0 Å². The summed E-state index contributed by atoms with van der Waals surface area (Å²) in [6, 6.07) is 3.76. The third-order valence-corrected chi connectivity index (χ3v) is 1.68. The van der Waals surface area contributed by atoms with Crippen molar-refractivity contribution in [2.75, 3.05) is 0 Å². The van der Waals surface area contributed by atoms with Crippen molar-refractivity contribution in [2.24, 2.45) is 0 Å². The van der Waals surface area contributed by atoms with Gasteiger partial charge in [-0.3, -0.25) is 0 Å². The summed E-state index contributed by atoms with van der Waals surface area (Å²) in [6.07, 6.45) is 0. The number of nitriles is 1. The highest BCUT2D eigenvalue weighted by Gasteiger charge is 2.08. The van der Waals surface area contributed by atoms with E-state index in [4.69, 9.17) is 5.26 Å². The Hall–Kier alpha value is -0.898. The van der Waals surface area contributed by atoms with Crippen LogP contribution in [0.25, 0.3) is 0 Å². The second kappa shape index (κ2) is 3.00. The first-order valence-electron chi connectivity index (χ1n) is 2.80. The second-order valence-corrected chi connectivity index (χ2v) is 2.56. The molecule has 0 saturated carbocycles. The van der Waals surface area contributed by atoms with Gasteiger partial charge in [0.2, 0.25) is 0 Å². The molecule has 0 bridgehead atoms. The van der Waals surface area contributed by atoms with Crippen LogP contribution in [0.1, 0.15) is 5.56 Å². The maximum atomic E-state index is 12.8. The van der Waals surface area contributed by atoms with Crippen LogP contribution < -0.4 is 4.43 Å². The highest BCUT2D eigenvalue weighted by Crippen LogP contribution is 2.07. The summed E-state index contributed by atoms with van der Waals surface area (Å²) in [4.78, 5) is 0. The molecule has 0 aliphatic rings. The third kappa shape index (κ3) is 1.40. The summed E-state index contributed by atoms with van der Waals surface area (Å²) < 4.78 is 25.5. The molecular formula is C7H2AlF2N. The predicted octanol–water partition coefficient (Wildman–Crippen LogP) is 0.630. The van der Waals surface area contributed by atoms with E-state index in [2.05, 4.69) is 16.3 Å². The van der Waals surface area contributed by atoms with E-state index >= 15 is 0 Å². The van der Waals surface area contributed by atoms with Gasteiger partial charge in [0.25, 0.3) is 0 Å². The maximum Gasteiger partial charge on any atom is 0.180 e. The zero-order valence-corrected chi connectivity index (χ0v) is 6.59. The molecule has 0 aromatic heterocycles. The quantitative estimate of drug-likeness (QED) is 0.517. The molecule has 1 nitrogen and oxygen atoms in total. The summed E-state index contributed by atoms with van der Waals surface area (Å²) in [7, 11) is 0. The third-order valence-electron chi connectivity index (χ3n) is 1.23. The van der Waals surface area contributed by atoms with Gasteiger partial charge in [-0.1, -0.05) is 6.07 Å². The van der Waals surface area contributed by atoms with Crippen LogP contribution in [-0.2, 0) is 0 Å². The van der Waals surface area contributed by atoms with Crippen molar-refractivity contribution in [1.82, 2.24) is 0 Å². The molecule has 11 heavy (non-hydrogen) atoms. The molecule has 0 atom stereocenters. The van der Waals surface area contributed by atoms with Crippen molar-refractivity contribution in [3.8, 4) is 6.07 Å². The molecule has 0 N–H and O–H groups in total. The lowest BCUT2D eigenvalue weighted by Gasteiger charge is -1.98. The van der Waals surface area contributed by atoms with Crippen LogP contribution in [0.3, 0.4) is 0 Å². The van der Waals surface area contributed by atoms with Gasteiger partial charge in [0.05, 0.1) is 0 Å². The monoisotopic (exact) mass is 165 g/mol. The van der Waals surface area contributed by atoms with Crippen LogP contribution in [0.5, 0.6) is 0 Å². The molecule has 0 aliphatic heterocycles. The smallest absolute Gasteiger partial charge is 0.180 e. The van der Waals surface area contributed by atoms with Gasteiger partial charge in [-0.25, -0.2) is 8.78 Å². The van der Waals surface area contributed by atoms with Gasteiger partial charge in [-0.2, -0.15) is 5.26 Å². The maximum absolute atomic E-state index is 12.8. The first kappa shape index (κ1) is 8.20. The van der Waals surface area contributed by atoms with Gasteiger partial charge in [0.15, 0.2) is 16.3 Å². The predicted molar refractivity (Wildman–Crippen MR) is 36.5 cm³/mol. The summed E-state index contributed by atoms with van der Waals surface area (Å²) >= 11 is 2.08. The fraction of sp³-hybridized carbons (Fsp3) is 0. The molecule has 0 fully saturated rings. The van der Waals surface area contributed by atoms with Crippen LogP contribution in [-0.4, -0.2) is 16.3 Å². The normalized spacial score (nSPS) is 9.18. The topological polar surface area (TPSA) is 23.8 Å². The summed E-state index contributed by atoms with van der Waals surface area (Å²) in [5.41, 5.74) is -0.530. The average Bonchev–Trinajstić information content (AvgIpc) is 1.99. The molecule has 0 unspecified atom stereocenters. The van der Waals surface area contributed by atoms with E-state index in [0.29, 0.717) is 0 Å². The Morgan fingerprint density at radius 1 is 1.36 bits per heavy atom. The van der Waals surface area contributed by atoms with Crippen molar-refractivity contribution >= 4 is 20.7 Å². The molecule has 0 spiro atoms. The minimum atomic E-state index is -0.823. The summed E-state index contributed by atoms with van der Waals surface area (Å²) in [6.45, 7) is 0. The van der Waals surface area contributed by atoms with E-state index in [0.717, 1.165) is 6.07 Å². The van der Waals surface area contributed by atoms with Gasteiger partial charge in [-0.05, 0) is 6.07 Å². The number of rotatable bonds is 0. The first-order chi connectivity index (χ1) is 5.16. The van der Waals surface area contributed by atoms with Crippen molar-refractivity contribution in [2.45, 2.75) is 0 Å². The van der Waals surface area contributed by atoms with Crippen LogP contribution in [0.15, 0.2) is 12.1 Å². The zero-order valence-electron chi connectivity index (χ0n) is 5.44. The minimum Gasteiger partial charge on any atom is -0.207 e. The van der Waals surface area contributed by atoms with Gasteiger partial charge in [0.1, 0.15) is 23.3 Å². The summed E-state index contributed by atoms with van der Waals surface area (Å²) in [5.74, 6) is -1.63. The van der Waals surface area contributed by atoms with Crippen molar-refractivity contribution < 1.29 is 8.78 Å². The Morgan fingerprint density at radius 3 is 2.45 bits per heavy atom. The molecule has 1 aromatic carbocycles. The number of nitrogens with zero attached hydrogens (tertiary/aromatic N) is 1. The fourth-order valence-corrected chi connectivity index (χ4v) is 0.912. The lowest BCUT2D eigenvalue weighted by atomic mass is 10.2. The standard InChI is InChI=1S/C7H2F2N.Al/c8-6-2-1-3-7(9)5(6)4-10;/h1-2H;. The van der Waals surface area contributed by atoms with Crippen molar-refractivity contribution in [3.05, 3.63) is 29.3 Å². The number of benzene rings is 1. The first-order valence-corrected chi connectivity index (χ1v) is 3.38. The van der Waals surface area contributed by atoms with E-state index in [9.17, 15) is 8.78 Å². The minimum absolute atomic E-state index is 0.197. The molecule has 0 heterocycles. The molecule has 0 amide bonds. The Balaban J connectivity index is 3.44. The van der Waals surface area contributed by atoms with Crippen LogP contribution in [0.2, 0.25) is 0 Å². The highest BCUT2D eigenvalue weighted by atomic mass is 27.0. The van der Waals surface area contributed by atoms with Crippen molar-refractivity contribution in [1.29, 1.82) is 5.26 Å². The molecule has 1 aromatic rings. The largest absolute Gasteiger partial charge is 0.207 e. The lowest BCUT2D eigenvalue weighted by Crippen LogP contribution is -2.11. The lowest BCUT2D eigenvalue weighted by molar-refractivity contribution is 0.582. The molecule has 0 saturated heterocycles. The van der Waals surface area contributed by atoms with Crippen molar-refractivity contribution in [3.63, 3.8) is 0 Å². The average molecular weight is 165 g/mol. The molecule has 4 heteroatoms. The molecule has 52 valence electrons. The van der Waals surface area contributed by atoms with E-state index in [1.807, 2.05) is 0 Å². The van der Waals surface area contributed by atoms with E-state index in [1.54, 1.807) is 0 Å². The van der Waals surface area contributed by atoms with E-state index in [1.165, 1.54) is 12.1 Å². The molecule has 2 radical (unpaired) electrons. The SMILES string of the molecule is N#Cc1c(F)cc[c]([Al])c1F. The molecule has 1 rings (SSSR count). The Labute approximate surface area is 70.7 Å². The fourth-order valence-electron chi connectivity index (χ4n) is 0.671. The molecule has 0 aliphatic carbocycles. The van der Waals surface area contributed by atoms with Gasteiger partial charge in [-0.15, -0.1) is 4.43 Å². The van der Waals surface area contributed by atoms with Crippen LogP contribution in [0.4, 0.5) is 8.78 Å². The van der Waals surface area contributed by atoms with Gasteiger partial charge >= 0.3 is 0 Å². The van der Waals surface area contributed by atoms with Crippen LogP contribution in [0, 0.1) is 23.0 Å². The number of hydrogen-bond acceptors (Lipinski definition) is 1. The Morgan fingerprint density at radius 2 is 2.00 bits per heavy atom. The second-order valence-electron chi connectivity index (χ2n) is 1.94. The Bertz CT molecular complexity index is 330. The zero-order chi connectivity index (χ0) is 8.43. The number of hydrogen-bond donors (Lipinski definition) is 0. The Kier molecular flexibility index (Phi) is 2.24. The van der Waals surface area contributed by atoms with E-state index < -0.39 is 17.2 Å². The van der Waals surface area contributed by atoms with Gasteiger partial charge in [0, 0.05) is 0 Å². The number of halogens is 2. The highest BCUT2D eigenvalue weighted by molar-refractivity contribution is 6.32. The summed E-state index contributed by atoms with van der Waals surface area (Å²) in [5, 5.41) is 8.28. The van der Waals surface area contributed by atoms with Gasteiger partial charge < -0.3 is 0 Å². The van der Waals surface area contributed by atoms with E-state index in [-0.39, 0.29) is 4.43 Å².